The number of hydrogen-bond donors (Lipinski definition) is 2. The van der Waals surface area contributed by atoms with Gasteiger partial charge in [-0.15, -0.1) is 0 Å². The van der Waals surface area contributed by atoms with E-state index < -0.39 is 12.0 Å². The summed E-state index contributed by atoms with van der Waals surface area (Å²) in [5.41, 5.74) is 0. The zero-order valence-corrected chi connectivity index (χ0v) is 13.6. The van der Waals surface area contributed by atoms with Gasteiger partial charge in [0.15, 0.2) is 0 Å². The monoisotopic (exact) mass is 298 g/mol. The van der Waals surface area contributed by atoms with Crippen LogP contribution in [-0.2, 0) is 9.59 Å². The Morgan fingerprint density at radius 2 is 2.05 bits per heavy atom. The van der Waals surface area contributed by atoms with Crippen molar-refractivity contribution in [2.24, 2.45) is 5.92 Å². The molecule has 0 spiro atoms. The third-order valence-corrected chi connectivity index (χ3v) is 4.19. The van der Waals surface area contributed by atoms with Crippen molar-refractivity contribution in [2.75, 3.05) is 13.1 Å². The van der Waals surface area contributed by atoms with Crippen molar-refractivity contribution < 1.29 is 14.7 Å². The number of rotatable bonds is 8. The van der Waals surface area contributed by atoms with Gasteiger partial charge in [0.2, 0.25) is 5.91 Å². The quantitative estimate of drug-likeness (QED) is 0.721. The van der Waals surface area contributed by atoms with Gasteiger partial charge in [0, 0.05) is 19.0 Å². The van der Waals surface area contributed by atoms with E-state index in [2.05, 4.69) is 17.1 Å². The zero-order chi connectivity index (χ0) is 15.8. The van der Waals surface area contributed by atoms with Crippen LogP contribution in [0.1, 0.15) is 59.3 Å². The largest absolute Gasteiger partial charge is 0.480 e. The lowest BCUT2D eigenvalue weighted by atomic mass is 10.00. The number of carboxylic acids is 1. The van der Waals surface area contributed by atoms with E-state index in [1.165, 1.54) is 19.3 Å². The van der Waals surface area contributed by atoms with Crippen LogP contribution < -0.4 is 5.32 Å². The number of nitrogens with zero attached hydrogens (tertiary/aromatic N) is 1. The molecule has 1 heterocycles. The molecule has 1 amide bonds. The standard InChI is InChI=1S/C16H30N2O3/c1-4-13-7-5-6-9-18(13)10-8-15(19)17-14(16(20)21)11-12(2)3/h12-14H,4-11H2,1-3H3,(H,17,19)(H,20,21). The molecule has 0 aromatic heterocycles. The number of amides is 1. The van der Waals surface area contributed by atoms with E-state index in [-0.39, 0.29) is 11.8 Å². The summed E-state index contributed by atoms with van der Waals surface area (Å²) in [6, 6.07) is -0.182. The van der Waals surface area contributed by atoms with Crippen LogP contribution in [0.15, 0.2) is 0 Å². The Morgan fingerprint density at radius 3 is 2.62 bits per heavy atom. The molecule has 122 valence electrons. The third-order valence-electron chi connectivity index (χ3n) is 4.19. The SMILES string of the molecule is CCC1CCCCN1CCC(=O)NC(CC(C)C)C(=O)O. The first kappa shape index (κ1) is 18.0. The van der Waals surface area contributed by atoms with Crippen LogP contribution in [0.5, 0.6) is 0 Å². The minimum Gasteiger partial charge on any atom is -0.480 e. The molecule has 0 bridgehead atoms. The lowest BCUT2D eigenvalue weighted by Crippen LogP contribution is -2.44. The first-order valence-electron chi connectivity index (χ1n) is 8.20. The normalized spacial score (nSPS) is 21.2. The minimum absolute atomic E-state index is 0.150. The van der Waals surface area contributed by atoms with E-state index in [1.807, 2.05) is 13.8 Å². The highest BCUT2D eigenvalue weighted by Crippen LogP contribution is 2.19. The molecule has 1 aliphatic rings. The van der Waals surface area contributed by atoms with Crippen molar-refractivity contribution in [1.29, 1.82) is 0 Å². The van der Waals surface area contributed by atoms with E-state index in [0.29, 0.717) is 18.9 Å². The Morgan fingerprint density at radius 1 is 1.33 bits per heavy atom. The van der Waals surface area contributed by atoms with Gasteiger partial charge in [0.05, 0.1) is 0 Å². The molecule has 2 atom stereocenters. The Bertz CT molecular complexity index is 344. The van der Waals surface area contributed by atoms with Gasteiger partial charge >= 0.3 is 5.97 Å². The summed E-state index contributed by atoms with van der Waals surface area (Å²) in [5, 5.41) is 11.8. The average Bonchev–Trinajstić information content (AvgIpc) is 2.44. The van der Waals surface area contributed by atoms with Crippen molar-refractivity contribution in [3.05, 3.63) is 0 Å². The molecule has 21 heavy (non-hydrogen) atoms. The van der Waals surface area contributed by atoms with E-state index in [9.17, 15) is 9.59 Å². The number of carbonyl (C=O) groups excluding carboxylic acids is 1. The fraction of sp³-hybridized carbons (Fsp3) is 0.875. The molecule has 5 nitrogen and oxygen atoms in total. The summed E-state index contributed by atoms with van der Waals surface area (Å²) in [6.07, 6.45) is 5.66. The number of likely N-dealkylation sites (tertiary alicyclic amines) is 1. The van der Waals surface area contributed by atoms with Crippen LogP contribution in [0.4, 0.5) is 0 Å². The maximum absolute atomic E-state index is 12.0. The molecule has 2 unspecified atom stereocenters. The number of aliphatic carboxylic acids is 1. The van der Waals surface area contributed by atoms with E-state index >= 15 is 0 Å². The Kier molecular flexibility index (Phi) is 7.72. The summed E-state index contributed by atoms with van der Waals surface area (Å²) in [6.45, 7) is 7.90. The molecule has 0 aromatic rings. The van der Waals surface area contributed by atoms with E-state index in [4.69, 9.17) is 5.11 Å². The Balaban J connectivity index is 2.39. The highest BCUT2D eigenvalue weighted by molar-refractivity contribution is 5.83. The minimum atomic E-state index is -0.943. The van der Waals surface area contributed by atoms with Crippen molar-refractivity contribution in [2.45, 2.75) is 71.4 Å². The number of hydrogen-bond acceptors (Lipinski definition) is 3. The van der Waals surface area contributed by atoms with Gasteiger partial charge in [-0.3, -0.25) is 9.69 Å². The zero-order valence-electron chi connectivity index (χ0n) is 13.6. The average molecular weight is 298 g/mol. The first-order valence-corrected chi connectivity index (χ1v) is 8.20. The topological polar surface area (TPSA) is 69.6 Å². The molecular weight excluding hydrogens is 268 g/mol. The lowest BCUT2D eigenvalue weighted by molar-refractivity contribution is -0.142. The van der Waals surface area contributed by atoms with Crippen molar-refractivity contribution >= 4 is 11.9 Å². The van der Waals surface area contributed by atoms with Crippen molar-refractivity contribution in [3.63, 3.8) is 0 Å². The molecule has 5 heteroatoms. The van der Waals surface area contributed by atoms with Gasteiger partial charge in [-0.2, -0.15) is 0 Å². The lowest BCUT2D eigenvalue weighted by Gasteiger charge is -2.35. The maximum Gasteiger partial charge on any atom is 0.326 e. The molecule has 1 saturated heterocycles. The second-order valence-electron chi connectivity index (χ2n) is 6.43. The third kappa shape index (κ3) is 6.46. The summed E-state index contributed by atoms with van der Waals surface area (Å²) in [7, 11) is 0. The summed E-state index contributed by atoms with van der Waals surface area (Å²) in [4.78, 5) is 25.5. The molecule has 0 radical (unpaired) electrons. The number of piperidine rings is 1. The van der Waals surface area contributed by atoms with Gasteiger partial charge in [-0.05, 0) is 38.1 Å². The Labute approximate surface area is 128 Å². The summed E-state index contributed by atoms with van der Waals surface area (Å²) in [5.74, 6) is -0.845. The second-order valence-corrected chi connectivity index (χ2v) is 6.43. The first-order chi connectivity index (χ1) is 9.93. The summed E-state index contributed by atoms with van der Waals surface area (Å²) >= 11 is 0. The summed E-state index contributed by atoms with van der Waals surface area (Å²) < 4.78 is 0. The molecule has 0 aromatic carbocycles. The predicted molar refractivity (Wildman–Crippen MR) is 83.1 cm³/mol. The molecule has 1 rings (SSSR count). The van der Waals surface area contributed by atoms with Gasteiger partial charge in [0.25, 0.3) is 0 Å². The Hall–Kier alpha value is -1.10. The molecule has 2 N–H and O–H groups in total. The van der Waals surface area contributed by atoms with Crippen LogP contribution in [0, 0.1) is 5.92 Å². The molecule has 0 aliphatic carbocycles. The van der Waals surface area contributed by atoms with Crippen LogP contribution in [0.2, 0.25) is 0 Å². The van der Waals surface area contributed by atoms with Gasteiger partial charge in [-0.1, -0.05) is 27.2 Å². The smallest absolute Gasteiger partial charge is 0.326 e. The van der Waals surface area contributed by atoms with Crippen LogP contribution in [0.25, 0.3) is 0 Å². The molecular formula is C16H30N2O3. The number of carbonyl (C=O) groups is 2. The van der Waals surface area contributed by atoms with Gasteiger partial charge < -0.3 is 10.4 Å². The van der Waals surface area contributed by atoms with E-state index in [1.54, 1.807) is 0 Å². The van der Waals surface area contributed by atoms with Gasteiger partial charge in [0.1, 0.15) is 6.04 Å². The van der Waals surface area contributed by atoms with Crippen molar-refractivity contribution in [3.8, 4) is 0 Å². The van der Waals surface area contributed by atoms with Crippen molar-refractivity contribution in [1.82, 2.24) is 10.2 Å². The van der Waals surface area contributed by atoms with Crippen LogP contribution >= 0.6 is 0 Å². The molecule has 1 fully saturated rings. The van der Waals surface area contributed by atoms with E-state index in [0.717, 1.165) is 19.5 Å². The predicted octanol–water partition coefficient (Wildman–Crippen LogP) is 2.26. The van der Waals surface area contributed by atoms with Gasteiger partial charge in [-0.25, -0.2) is 4.79 Å². The highest BCUT2D eigenvalue weighted by Gasteiger charge is 2.23. The number of nitrogens with one attached hydrogen (secondary N) is 1. The maximum atomic E-state index is 12.0. The second kappa shape index (κ2) is 9.03. The molecule has 1 aliphatic heterocycles. The number of carboxylic acid groups (broad SMARTS) is 1. The molecule has 0 saturated carbocycles. The van der Waals surface area contributed by atoms with Crippen LogP contribution in [-0.4, -0.2) is 47.1 Å². The van der Waals surface area contributed by atoms with Crippen LogP contribution in [0.3, 0.4) is 0 Å². The fourth-order valence-electron chi connectivity index (χ4n) is 3.02. The fourth-order valence-corrected chi connectivity index (χ4v) is 3.02. The highest BCUT2D eigenvalue weighted by atomic mass is 16.4.